The molecule has 10 heteroatoms. The predicted octanol–water partition coefficient (Wildman–Crippen LogP) is 3.00. The summed E-state index contributed by atoms with van der Waals surface area (Å²) in [5.41, 5.74) is 1.00. The Morgan fingerprint density at radius 3 is 2.53 bits per heavy atom. The second kappa shape index (κ2) is 8.23. The van der Waals surface area contributed by atoms with Crippen LogP contribution in [-0.2, 0) is 13.1 Å². The van der Waals surface area contributed by atoms with Crippen molar-refractivity contribution >= 4 is 22.8 Å². The Morgan fingerprint density at radius 2 is 1.91 bits per heavy atom. The lowest BCUT2D eigenvalue weighted by Crippen LogP contribution is -2.30. The molecule has 1 fully saturated rings. The van der Waals surface area contributed by atoms with Gasteiger partial charge in [0.05, 0.1) is 12.4 Å². The fourth-order valence-electron chi connectivity index (χ4n) is 3.74. The van der Waals surface area contributed by atoms with Crippen LogP contribution in [-0.4, -0.2) is 35.2 Å². The first-order chi connectivity index (χ1) is 15.5. The number of benzene rings is 1. The van der Waals surface area contributed by atoms with Crippen LogP contribution in [0.1, 0.15) is 31.7 Å². The molecule has 0 unspecified atom stereocenters. The Morgan fingerprint density at radius 1 is 1.12 bits per heavy atom. The van der Waals surface area contributed by atoms with Crippen molar-refractivity contribution in [1.82, 2.24) is 29.1 Å². The SMILES string of the molecule is CCn1c(=O)[nH]c(=O)c2c1nc(-c1cnc(OC3CCC3)cn1)n2Cc1ccc(Cl)cc1. The van der Waals surface area contributed by atoms with Crippen LogP contribution in [0.15, 0.2) is 46.2 Å². The summed E-state index contributed by atoms with van der Waals surface area (Å²) in [6.45, 7) is 2.53. The number of ether oxygens (including phenoxy) is 1. The Labute approximate surface area is 187 Å². The van der Waals surface area contributed by atoms with E-state index in [1.165, 1.54) is 11.0 Å². The largest absolute Gasteiger partial charge is 0.473 e. The number of imidazole rings is 1. The van der Waals surface area contributed by atoms with Crippen molar-refractivity contribution in [3.63, 3.8) is 0 Å². The van der Waals surface area contributed by atoms with Gasteiger partial charge in [0.25, 0.3) is 5.56 Å². The molecule has 9 nitrogen and oxygen atoms in total. The zero-order chi connectivity index (χ0) is 22.2. The molecule has 3 aromatic heterocycles. The van der Waals surface area contributed by atoms with Gasteiger partial charge in [-0.05, 0) is 43.9 Å². The third-order valence-electron chi connectivity index (χ3n) is 5.65. The predicted molar refractivity (Wildman–Crippen MR) is 120 cm³/mol. The molecule has 5 rings (SSSR count). The lowest BCUT2D eigenvalue weighted by molar-refractivity contribution is 0.114. The fraction of sp³-hybridized carbons (Fsp3) is 0.318. The van der Waals surface area contributed by atoms with Crippen molar-refractivity contribution in [2.24, 2.45) is 0 Å². The van der Waals surface area contributed by atoms with Crippen LogP contribution in [0.5, 0.6) is 5.88 Å². The Kier molecular flexibility index (Phi) is 5.26. The average Bonchev–Trinajstić information content (AvgIpc) is 3.12. The Bertz CT molecular complexity index is 1380. The molecule has 0 bridgehead atoms. The lowest BCUT2D eigenvalue weighted by Gasteiger charge is -2.25. The van der Waals surface area contributed by atoms with Crippen LogP contribution in [0, 0.1) is 0 Å². The second-order valence-corrected chi connectivity index (χ2v) is 8.17. The number of hydrogen-bond donors (Lipinski definition) is 1. The van der Waals surface area contributed by atoms with Gasteiger partial charge < -0.3 is 9.30 Å². The van der Waals surface area contributed by atoms with Crippen molar-refractivity contribution < 1.29 is 4.74 Å². The minimum absolute atomic E-state index is 0.196. The van der Waals surface area contributed by atoms with Gasteiger partial charge in [-0.25, -0.2) is 19.7 Å². The maximum Gasteiger partial charge on any atom is 0.330 e. The van der Waals surface area contributed by atoms with Crippen LogP contribution in [0.2, 0.25) is 5.02 Å². The number of aromatic amines is 1. The average molecular weight is 453 g/mol. The molecule has 1 N–H and O–H groups in total. The molecule has 32 heavy (non-hydrogen) atoms. The summed E-state index contributed by atoms with van der Waals surface area (Å²) >= 11 is 6.02. The highest BCUT2D eigenvalue weighted by molar-refractivity contribution is 6.30. The van der Waals surface area contributed by atoms with E-state index in [9.17, 15) is 9.59 Å². The molecule has 0 radical (unpaired) electrons. The highest BCUT2D eigenvalue weighted by Gasteiger charge is 2.22. The molecule has 164 valence electrons. The Hall–Kier alpha value is -3.46. The van der Waals surface area contributed by atoms with E-state index in [2.05, 4.69) is 19.9 Å². The highest BCUT2D eigenvalue weighted by Crippen LogP contribution is 2.26. The van der Waals surface area contributed by atoms with Crippen LogP contribution in [0.3, 0.4) is 0 Å². The molecular weight excluding hydrogens is 432 g/mol. The van der Waals surface area contributed by atoms with Gasteiger partial charge in [0, 0.05) is 18.1 Å². The number of hydrogen-bond acceptors (Lipinski definition) is 6. The van der Waals surface area contributed by atoms with Crippen LogP contribution >= 0.6 is 11.6 Å². The zero-order valence-corrected chi connectivity index (χ0v) is 18.2. The van der Waals surface area contributed by atoms with Gasteiger partial charge >= 0.3 is 5.69 Å². The van der Waals surface area contributed by atoms with E-state index < -0.39 is 11.2 Å². The van der Waals surface area contributed by atoms with Gasteiger partial charge in [-0.15, -0.1) is 0 Å². The monoisotopic (exact) mass is 452 g/mol. The normalized spacial score (nSPS) is 13.9. The summed E-state index contributed by atoms with van der Waals surface area (Å²) < 4.78 is 8.97. The number of aromatic nitrogens is 6. The third kappa shape index (κ3) is 3.69. The first-order valence-electron chi connectivity index (χ1n) is 10.5. The summed E-state index contributed by atoms with van der Waals surface area (Å²) in [6, 6.07) is 7.33. The number of fused-ring (bicyclic) bond motifs is 1. The second-order valence-electron chi connectivity index (χ2n) is 7.73. The standard InChI is InChI=1S/C22H21ClN6O3/c1-2-28-20-18(21(30)27-22(28)31)29(12-13-6-8-14(23)9-7-13)19(26-20)16-10-25-17(11-24-16)32-15-4-3-5-15/h6-11,15H,2-5,12H2,1H3,(H,27,30,31). The fourth-order valence-corrected chi connectivity index (χ4v) is 3.87. The van der Waals surface area contributed by atoms with Crippen molar-refractivity contribution in [3.05, 3.63) is 68.1 Å². The molecule has 4 aromatic rings. The number of halogens is 1. The summed E-state index contributed by atoms with van der Waals surface area (Å²) in [5.74, 6) is 0.901. The first-order valence-corrected chi connectivity index (χ1v) is 10.9. The van der Waals surface area contributed by atoms with E-state index in [-0.39, 0.29) is 6.10 Å². The lowest BCUT2D eigenvalue weighted by atomic mass is 9.96. The molecule has 0 atom stereocenters. The molecule has 1 aromatic carbocycles. The first kappa shape index (κ1) is 20.4. The van der Waals surface area contributed by atoms with E-state index >= 15 is 0 Å². The van der Waals surface area contributed by atoms with Gasteiger partial charge in [0.2, 0.25) is 5.88 Å². The van der Waals surface area contributed by atoms with Crippen molar-refractivity contribution in [1.29, 1.82) is 0 Å². The van der Waals surface area contributed by atoms with Gasteiger partial charge in [0.1, 0.15) is 11.8 Å². The summed E-state index contributed by atoms with van der Waals surface area (Å²) in [5, 5.41) is 0.620. The van der Waals surface area contributed by atoms with Gasteiger partial charge in [-0.1, -0.05) is 23.7 Å². The summed E-state index contributed by atoms with van der Waals surface area (Å²) in [4.78, 5) is 41.0. The summed E-state index contributed by atoms with van der Waals surface area (Å²) in [7, 11) is 0. The maximum atomic E-state index is 12.8. The van der Waals surface area contributed by atoms with Crippen molar-refractivity contribution in [2.45, 2.75) is 45.4 Å². The van der Waals surface area contributed by atoms with Crippen molar-refractivity contribution in [3.8, 4) is 17.4 Å². The number of nitrogens with zero attached hydrogens (tertiary/aromatic N) is 5. The minimum atomic E-state index is -0.500. The molecule has 0 spiro atoms. The number of aryl methyl sites for hydroxylation is 1. The van der Waals surface area contributed by atoms with Crippen LogP contribution < -0.4 is 16.0 Å². The number of rotatable bonds is 6. The van der Waals surface area contributed by atoms with E-state index in [4.69, 9.17) is 16.3 Å². The molecule has 1 saturated carbocycles. The van der Waals surface area contributed by atoms with E-state index in [1.54, 1.807) is 29.1 Å². The van der Waals surface area contributed by atoms with E-state index in [0.717, 1.165) is 18.4 Å². The minimum Gasteiger partial charge on any atom is -0.473 e. The van der Waals surface area contributed by atoms with Gasteiger partial charge in [0.15, 0.2) is 17.0 Å². The molecular formula is C22H21ClN6O3. The van der Waals surface area contributed by atoms with Crippen LogP contribution in [0.4, 0.5) is 0 Å². The smallest absolute Gasteiger partial charge is 0.330 e. The quantitative estimate of drug-likeness (QED) is 0.482. The number of nitrogens with one attached hydrogen (secondary N) is 1. The van der Waals surface area contributed by atoms with E-state index in [0.29, 0.717) is 46.7 Å². The molecule has 0 amide bonds. The van der Waals surface area contributed by atoms with Gasteiger partial charge in [-0.2, -0.15) is 0 Å². The maximum absolute atomic E-state index is 12.8. The van der Waals surface area contributed by atoms with E-state index in [1.807, 2.05) is 19.1 Å². The highest BCUT2D eigenvalue weighted by atomic mass is 35.5. The Balaban J connectivity index is 1.64. The van der Waals surface area contributed by atoms with Crippen LogP contribution in [0.25, 0.3) is 22.7 Å². The van der Waals surface area contributed by atoms with Crippen molar-refractivity contribution in [2.75, 3.05) is 0 Å². The van der Waals surface area contributed by atoms with Gasteiger partial charge in [-0.3, -0.25) is 14.3 Å². The molecule has 3 heterocycles. The third-order valence-corrected chi connectivity index (χ3v) is 5.90. The summed E-state index contributed by atoms with van der Waals surface area (Å²) in [6.07, 6.45) is 6.56. The topological polar surface area (TPSA) is 108 Å². The zero-order valence-electron chi connectivity index (χ0n) is 17.4. The molecule has 0 saturated heterocycles. The number of H-pyrrole nitrogens is 1. The molecule has 1 aliphatic rings. The molecule has 0 aliphatic heterocycles. The molecule has 1 aliphatic carbocycles.